The number of nitrogens with two attached hydrogens (primary N) is 4. The Hall–Kier alpha value is -0.160. The summed E-state index contributed by atoms with van der Waals surface area (Å²) in [5, 5.41) is 0. The van der Waals surface area contributed by atoms with Crippen molar-refractivity contribution in [2.24, 2.45) is 52.0 Å². The molecule has 6 aliphatic carbocycles. The van der Waals surface area contributed by atoms with Gasteiger partial charge in [0.15, 0.2) is 0 Å². The van der Waals surface area contributed by atoms with Crippen molar-refractivity contribution in [2.45, 2.75) is 75.3 Å². The lowest BCUT2D eigenvalue weighted by Crippen LogP contribution is -2.66. The minimum atomic E-state index is 0.138. The zero-order valence-corrected chi connectivity index (χ0v) is 14.6. The molecular weight excluding hydrogens is 284 g/mol. The van der Waals surface area contributed by atoms with E-state index >= 15 is 0 Å². The van der Waals surface area contributed by atoms with Gasteiger partial charge in [-0.1, -0.05) is 0 Å². The number of hydrogen-bond donors (Lipinski definition) is 4. The summed E-state index contributed by atoms with van der Waals surface area (Å²) < 4.78 is 0. The summed E-state index contributed by atoms with van der Waals surface area (Å²) in [6.07, 6.45) is 13.0. The maximum atomic E-state index is 6.33. The van der Waals surface area contributed by atoms with Crippen molar-refractivity contribution in [1.82, 2.24) is 0 Å². The van der Waals surface area contributed by atoms with Gasteiger partial charge in [-0.3, -0.25) is 0 Å². The largest absolute Gasteiger partial charge is 0.330 e. The molecule has 0 spiro atoms. The second-order valence-electron chi connectivity index (χ2n) is 10.0. The molecule has 0 aromatic rings. The van der Waals surface area contributed by atoms with E-state index in [-0.39, 0.29) is 11.1 Å². The van der Waals surface area contributed by atoms with Crippen LogP contribution in [-0.4, -0.2) is 24.2 Å². The second-order valence-corrected chi connectivity index (χ2v) is 10.0. The van der Waals surface area contributed by atoms with Crippen molar-refractivity contribution < 1.29 is 0 Å². The summed E-state index contributed by atoms with van der Waals surface area (Å²) in [4.78, 5) is 0. The van der Waals surface area contributed by atoms with E-state index in [0.717, 1.165) is 43.2 Å². The third kappa shape index (κ3) is 2.76. The van der Waals surface area contributed by atoms with Crippen LogP contribution >= 0.6 is 0 Å². The fourth-order valence-electron chi connectivity index (χ4n) is 7.60. The molecule has 4 nitrogen and oxygen atoms in total. The SMILES string of the molecule is NC12CC3CC(C1)CC(N)(C3)C2.NCC1CC2CCC1(CN)C2. The first kappa shape index (κ1) is 16.3. The maximum absolute atomic E-state index is 6.33. The average molecular weight is 321 g/mol. The summed E-state index contributed by atoms with van der Waals surface area (Å²) in [5.74, 6) is 3.43. The van der Waals surface area contributed by atoms with Crippen LogP contribution in [0.5, 0.6) is 0 Å². The monoisotopic (exact) mass is 320 g/mol. The first-order chi connectivity index (χ1) is 10.9. The summed E-state index contributed by atoms with van der Waals surface area (Å²) in [5.41, 5.74) is 24.9. The predicted molar refractivity (Wildman–Crippen MR) is 94.5 cm³/mol. The number of rotatable bonds is 2. The van der Waals surface area contributed by atoms with E-state index in [1.807, 2.05) is 0 Å². The van der Waals surface area contributed by atoms with Crippen molar-refractivity contribution in [1.29, 1.82) is 0 Å². The van der Waals surface area contributed by atoms with Crippen LogP contribution in [-0.2, 0) is 0 Å². The van der Waals surface area contributed by atoms with Gasteiger partial charge in [0.2, 0.25) is 0 Å². The van der Waals surface area contributed by atoms with E-state index in [1.165, 1.54) is 57.8 Å². The van der Waals surface area contributed by atoms with Crippen LogP contribution in [0.25, 0.3) is 0 Å². The molecule has 132 valence electrons. The highest BCUT2D eigenvalue weighted by atomic mass is 14.9. The van der Waals surface area contributed by atoms with Crippen molar-refractivity contribution >= 4 is 0 Å². The molecule has 0 saturated heterocycles. The Morgan fingerprint density at radius 3 is 1.78 bits per heavy atom. The van der Waals surface area contributed by atoms with Crippen molar-refractivity contribution in [3.8, 4) is 0 Å². The van der Waals surface area contributed by atoms with E-state index in [4.69, 9.17) is 22.9 Å². The van der Waals surface area contributed by atoms with Crippen LogP contribution in [0.1, 0.15) is 64.2 Å². The molecule has 6 bridgehead atoms. The molecule has 0 heterocycles. The van der Waals surface area contributed by atoms with Crippen LogP contribution < -0.4 is 22.9 Å². The Balaban J connectivity index is 0.000000118. The van der Waals surface area contributed by atoms with Crippen molar-refractivity contribution in [3.05, 3.63) is 0 Å². The van der Waals surface area contributed by atoms with Crippen molar-refractivity contribution in [2.75, 3.05) is 13.1 Å². The lowest BCUT2D eigenvalue weighted by Gasteiger charge is -2.59. The standard InChI is InChI=1S/C10H18N2.C9H18N2/c11-9-2-7-1-8(4-9)5-10(12,3-7)6-9;10-5-8-3-7-1-2-9(8,4-7)6-11/h7-8H,1-6,11-12H2;7-8H,1-6,10-11H2. The normalized spacial score (nSPS) is 55.8. The lowest BCUT2D eigenvalue weighted by atomic mass is 9.50. The van der Waals surface area contributed by atoms with Gasteiger partial charge in [0.1, 0.15) is 0 Å². The Kier molecular flexibility index (Phi) is 3.84. The first-order valence-electron chi connectivity index (χ1n) is 9.86. The maximum Gasteiger partial charge on any atom is 0.0177 e. The van der Waals surface area contributed by atoms with Gasteiger partial charge in [-0.2, -0.15) is 0 Å². The molecule has 3 unspecified atom stereocenters. The van der Waals surface area contributed by atoms with E-state index < -0.39 is 0 Å². The van der Waals surface area contributed by atoms with E-state index in [2.05, 4.69) is 0 Å². The molecule has 4 heteroatoms. The summed E-state index contributed by atoms with van der Waals surface area (Å²) in [6.45, 7) is 1.72. The summed E-state index contributed by atoms with van der Waals surface area (Å²) in [7, 11) is 0. The van der Waals surface area contributed by atoms with Gasteiger partial charge < -0.3 is 22.9 Å². The van der Waals surface area contributed by atoms with Gasteiger partial charge in [0.05, 0.1) is 0 Å². The highest BCUT2D eigenvalue weighted by molar-refractivity contribution is 5.13. The second kappa shape index (κ2) is 5.42. The zero-order valence-electron chi connectivity index (χ0n) is 14.6. The zero-order chi connectivity index (χ0) is 16.3. The molecule has 0 aromatic carbocycles. The van der Waals surface area contributed by atoms with Gasteiger partial charge in [-0.25, -0.2) is 0 Å². The molecule has 6 rings (SSSR count). The highest BCUT2D eigenvalue weighted by Gasteiger charge is 2.54. The number of hydrogen-bond acceptors (Lipinski definition) is 4. The molecule has 0 aromatic heterocycles. The lowest BCUT2D eigenvalue weighted by molar-refractivity contribution is -0.0173. The smallest absolute Gasteiger partial charge is 0.0177 e. The van der Waals surface area contributed by atoms with Gasteiger partial charge >= 0.3 is 0 Å². The van der Waals surface area contributed by atoms with Crippen LogP contribution in [0.4, 0.5) is 0 Å². The fourth-order valence-corrected chi connectivity index (χ4v) is 7.60. The van der Waals surface area contributed by atoms with Crippen LogP contribution in [0.2, 0.25) is 0 Å². The fraction of sp³-hybridized carbons (Fsp3) is 1.00. The Morgan fingerprint density at radius 2 is 1.39 bits per heavy atom. The summed E-state index contributed by atoms with van der Waals surface area (Å²) in [6, 6.07) is 0. The molecule has 0 aliphatic heterocycles. The summed E-state index contributed by atoms with van der Waals surface area (Å²) >= 11 is 0. The van der Waals surface area contributed by atoms with Crippen LogP contribution in [0.15, 0.2) is 0 Å². The highest BCUT2D eigenvalue weighted by Crippen LogP contribution is 2.57. The van der Waals surface area contributed by atoms with E-state index in [1.54, 1.807) is 0 Å². The van der Waals surface area contributed by atoms with Crippen LogP contribution in [0.3, 0.4) is 0 Å². The van der Waals surface area contributed by atoms with E-state index in [9.17, 15) is 0 Å². The Labute approximate surface area is 141 Å². The minimum Gasteiger partial charge on any atom is -0.330 e. The molecule has 6 aliphatic rings. The average Bonchev–Trinajstić information content (AvgIpc) is 3.02. The minimum absolute atomic E-state index is 0.138. The molecular formula is C19H36N4. The molecule has 8 N–H and O–H groups in total. The molecule has 6 saturated carbocycles. The Bertz CT molecular complexity index is 430. The molecule has 0 amide bonds. The predicted octanol–water partition coefficient (Wildman–Crippen LogP) is 1.71. The van der Waals surface area contributed by atoms with E-state index in [0.29, 0.717) is 5.41 Å². The molecule has 0 radical (unpaired) electrons. The third-order valence-electron chi connectivity index (χ3n) is 8.07. The first-order valence-corrected chi connectivity index (χ1v) is 9.86. The van der Waals surface area contributed by atoms with Crippen molar-refractivity contribution in [3.63, 3.8) is 0 Å². The Morgan fingerprint density at radius 1 is 0.783 bits per heavy atom. The third-order valence-corrected chi connectivity index (χ3v) is 8.07. The van der Waals surface area contributed by atoms with Gasteiger partial charge in [0, 0.05) is 11.1 Å². The molecule has 3 atom stereocenters. The quantitative estimate of drug-likeness (QED) is 0.621. The van der Waals surface area contributed by atoms with Gasteiger partial charge in [-0.15, -0.1) is 0 Å². The van der Waals surface area contributed by atoms with Gasteiger partial charge in [-0.05, 0) is 106 Å². The van der Waals surface area contributed by atoms with Gasteiger partial charge in [0.25, 0.3) is 0 Å². The number of fused-ring (bicyclic) bond motifs is 2. The molecule has 6 fully saturated rings. The van der Waals surface area contributed by atoms with Crippen LogP contribution in [0, 0.1) is 29.1 Å². The topological polar surface area (TPSA) is 104 Å². The molecule has 23 heavy (non-hydrogen) atoms.